The van der Waals surface area contributed by atoms with Gasteiger partial charge in [-0.3, -0.25) is 0 Å². The van der Waals surface area contributed by atoms with Gasteiger partial charge >= 0.3 is 0 Å². The van der Waals surface area contributed by atoms with Crippen molar-refractivity contribution in [3.05, 3.63) is 35.4 Å². The highest BCUT2D eigenvalue weighted by atomic mass is 31.1. The van der Waals surface area contributed by atoms with Crippen LogP contribution in [-0.4, -0.2) is 10.3 Å². The molecule has 0 radical (unpaired) electrons. The Labute approximate surface area is 166 Å². The lowest BCUT2D eigenvalue weighted by Gasteiger charge is -2.43. The molecule has 0 unspecified atom stereocenters. The molecule has 0 spiro atoms. The SMILES string of the molecule is CC(C)(C)C(Cc1ccccc1CP(C(C)(C)C)C(C)(C)C)C(C)(C)C. The third-order valence-corrected chi connectivity index (χ3v) is 9.48. The van der Waals surface area contributed by atoms with E-state index in [1.54, 1.807) is 11.1 Å². The van der Waals surface area contributed by atoms with Crippen LogP contribution in [0.3, 0.4) is 0 Å². The molecule has 1 rings (SSSR count). The standard InChI is InChI=1S/C25H45P/c1-22(2,3)21(23(4,5)6)17-19-15-13-14-16-20(19)18-26(24(7,8)9)25(10,11)12/h13-16,21H,17-18H2,1-12H3. The van der Waals surface area contributed by atoms with E-state index in [2.05, 4.69) is 107 Å². The van der Waals surface area contributed by atoms with Gasteiger partial charge in [-0.05, 0) is 50.8 Å². The molecule has 0 atom stereocenters. The quantitative estimate of drug-likeness (QED) is 0.462. The summed E-state index contributed by atoms with van der Waals surface area (Å²) < 4.78 is 0. The molecule has 0 fully saturated rings. The molecule has 26 heavy (non-hydrogen) atoms. The first-order valence-corrected chi connectivity index (χ1v) is 11.8. The Morgan fingerprint density at radius 2 is 1.04 bits per heavy atom. The fourth-order valence-electron chi connectivity index (χ4n) is 4.69. The lowest BCUT2D eigenvalue weighted by Crippen LogP contribution is -2.34. The van der Waals surface area contributed by atoms with Gasteiger partial charge in [-0.2, -0.15) is 0 Å². The molecule has 1 heteroatoms. The van der Waals surface area contributed by atoms with Crippen molar-refractivity contribution >= 4 is 7.92 Å². The summed E-state index contributed by atoms with van der Waals surface area (Å²) in [4.78, 5) is 0. The second-order valence-electron chi connectivity index (χ2n) is 12.2. The minimum Gasteiger partial charge on any atom is -0.0911 e. The van der Waals surface area contributed by atoms with E-state index in [1.807, 2.05) is 0 Å². The molecule has 0 aromatic heterocycles. The van der Waals surface area contributed by atoms with Crippen LogP contribution in [0.5, 0.6) is 0 Å². The Morgan fingerprint density at radius 1 is 0.654 bits per heavy atom. The van der Waals surface area contributed by atoms with Gasteiger partial charge in [0, 0.05) is 0 Å². The Kier molecular flexibility index (Phi) is 7.24. The maximum absolute atomic E-state index is 2.43. The molecule has 0 aliphatic rings. The van der Waals surface area contributed by atoms with Gasteiger partial charge < -0.3 is 0 Å². The Balaban J connectivity index is 3.26. The summed E-state index contributed by atoms with van der Waals surface area (Å²) in [6.07, 6.45) is 2.42. The van der Waals surface area contributed by atoms with Gasteiger partial charge in [0.1, 0.15) is 0 Å². The average Bonchev–Trinajstić information content (AvgIpc) is 2.38. The molecule has 0 aliphatic heterocycles. The molecule has 0 saturated carbocycles. The molecule has 0 nitrogen and oxygen atoms in total. The highest BCUT2D eigenvalue weighted by molar-refractivity contribution is 7.60. The van der Waals surface area contributed by atoms with E-state index >= 15 is 0 Å². The molecule has 0 heterocycles. The van der Waals surface area contributed by atoms with E-state index in [0.717, 1.165) is 0 Å². The van der Waals surface area contributed by atoms with Crippen molar-refractivity contribution in [3.8, 4) is 0 Å². The van der Waals surface area contributed by atoms with Crippen LogP contribution in [0.15, 0.2) is 24.3 Å². The molecule has 0 bridgehead atoms. The van der Waals surface area contributed by atoms with E-state index in [4.69, 9.17) is 0 Å². The van der Waals surface area contributed by atoms with Crippen molar-refractivity contribution in [2.45, 2.75) is 106 Å². The van der Waals surface area contributed by atoms with Gasteiger partial charge in [0.2, 0.25) is 0 Å². The van der Waals surface area contributed by atoms with Gasteiger partial charge in [0.25, 0.3) is 0 Å². The van der Waals surface area contributed by atoms with E-state index in [9.17, 15) is 0 Å². The van der Waals surface area contributed by atoms with Crippen molar-refractivity contribution in [1.29, 1.82) is 0 Å². The van der Waals surface area contributed by atoms with Crippen LogP contribution in [0.4, 0.5) is 0 Å². The largest absolute Gasteiger partial charge is 0.0911 e. The Morgan fingerprint density at radius 3 is 1.38 bits per heavy atom. The zero-order valence-electron chi connectivity index (χ0n) is 19.7. The zero-order valence-corrected chi connectivity index (χ0v) is 20.6. The number of benzene rings is 1. The van der Waals surface area contributed by atoms with Crippen molar-refractivity contribution in [3.63, 3.8) is 0 Å². The van der Waals surface area contributed by atoms with Crippen LogP contribution in [0, 0.1) is 16.7 Å². The fraction of sp³-hybridized carbons (Fsp3) is 0.760. The van der Waals surface area contributed by atoms with E-state index in [1.165, 1.54) is 12.6 Å². The first kappa shape index (κ1) is 23.7. The number of rotatable bonds is 4. The molecular formula is C25H45P. The van der Waals surface area contributed by atoms with Crippen molar-refractivity contribution in [2.75, 3.05) is 0 Å². The molecule has 0 N–H and O–H groups in total. The third kappa shape index (κ3) is 6.67. The summed E-state index contributed by atoms with van der Waals surface area (Å²) >= 11 is 0. The lowest BCUT2D eigenvalue weighted by atomic mass is 9.64. The van der Waals surface area contributed by atoms with Crippen molar-refractivity contribution in [2.24, 2.45) is 16.7 Å². The number of hydrogen-bond acceptors (Lipinski definition) is 0. The van der Waals surface area contributed by atoms with Crippen LogP contribution < -0.4 is 0 Å². The summed E-state index contributed by atoms with van der Waals surface area (Å²) in [5.41, 5.74) is 3.78. The monoisotopic (exact) mass is 376 g/mol. The van der Waals surface area contributed by atoms with Crippen LogP contribution in [0.2, 0.25) is 0 Å². The van der Waals surface area contributed by atoms with Gasteiger partial charge in [-0.1, -0.05) is 115 Å². The van der Waals surface area contributed by atoms with Gasteiger partial charge in [-0.25, -0.2) is 0 Å². The van der Waals surface area contributed by atoms with Crippen LogP contribution in [0.25, 0.3) is 0 Å². The number of hydrogen-bond donors (Lipinski definition) is 0. The molecule has 0 aliphatic carbocycles. The Hall–Kier alpha value is -0.350. The fourth-order valence-corrected chi connectivity index (χ4v) is 8.30. The summed E-state index contributed by atoms with van der Waals surface area (Å²) in [5, 5.41) is 0.738. The van der Waals surface area contributed by atoms with Gasteiger partial charge in [0.05, 0.1) is 0 Å². The molecule has 1 aromatic rings. The van der Waals surface area contributed by atoms with E-state index < -0.39 is 0 Å². The first-order valence-electron chi connectivity index (χ1n) is 10.3. The minimum atomic E-state index is -0.116. The van der Waals surface area contributed by atoms with E-state index in [-0.39, 0.29) is 7.92 Å². The minimum absolute atomic E-state index is 0.116. The highest BCUT2D eigenvalue weighted by Crippen LogP contribution is 2.61. The molecular weight excluding hydrogens is 331 g/mol. The molecule has 0 amide bonds. The molecule has 150 valence electrons. The van der Waals surface area contributed by atoms with Crippen LogP contribution in [0.1, 0.15) is 94.2 Å². The third-order valence-electron chi connectivity index (χ3n) is 5.58. The highest BCUT2D eigenvalue weighted by Gasteiger charge is 2.37. The maximum Gasteiger partial charge on any atom is -0.00610 e. The van der Waals surface area contributed by atoms with Crippen molar-refractivity contribution < 1.29 is 0 Å². The average molecular weight is 377 g/mol. The Bertz CT molecular complexity index is 489. The van der Waals surface area contributed by atoms with Crippen LogP contribution in [-0.2, 0) is 12.6 Å². The molecule has 0 saturated heterocycles. The second-order valence-corrected chi connectivity index (χ2v) is 16.0. The second kappa shape index (κ2) is 7.95. The first-order chi connectivity index (χ1) is 11.4. The summed E-state index contributed by atoms with van der Waals surface area (Å²) in [5.74, 6) is 0.659. The predicted octanol–water partition coefficient (Wildman–Crippen LogP) is 8.52. The maximum atomic E-state index is 2.43. The predicted molar refractivity (Wildman–Crippen MR) is 123 cm³/mol. The zero-order chi connectivity index (χ0) is 20.6. The van der Waals surface area contributed by atoms with Gasteiger partial charge in [-0.15, -0.1) is 0 Å². The summed E-state index contributed by atoms with van der Waals surface area (Å²) in [6.45, 7) is 29.0. The molecule has 1 aromatic carbocycles. The lowest BCUT2D eigenvalue weighted by molar-refractivity contribution is 0.102. The smallest absolute Gasteiger partial charge is 0.00610 e. The van der Waals surface area contributed by atoms with Crippen LogP contribution >= 0.6 is 7.92 Å². The van der Waals surface area contributed by atoms with Crippen molar-refractivity contribution in [1.82, 2.24) is 0 Å². The van der Waals surface area contributed by atoms with Gasteiger partial charge in [0.15, 0.2) is 0 Å². The summed E-state index contributed by atoms with van der Waals surface area (Å²) in [6, 6.07) is 9.25. The normalized spacial score (nSPS) is 14.4. The summed E-state index contributed by atoms with van der Waals surface area (Å²) in [7, 11) is -0.116. The van der Waals surface area contributed by atoms with E-state index in [0.29, 0.717) is 27.1 Å². The topological polar surface area (TPSA) is 0 Å².